The maximum Gasteiger partial charge on any atom is 0.333 e. The van der Waals surface area contributed by atoms with Crippen LogP contribution in [0.3, 0.4) is 0 Å². The second kappa shape index (κ2) is 9.31. The summed E-state index contributed by atoms with van der Waals surface area (Å²) in [7, 11) is 0. The summed E-state index contributed by atoms with van der Waals surface area (Å²) in [6.07, 6.45) is 0. The third-order valence-corrected chi connectivity index (χ3v) is 10.3. The van der Waals surface area contributed by atoms with Gasteiger partial charge in [0, 0.05) is 50.9 Å². The minimum absolute atomic E-state index is 0.155. The molecule has 4 heterocycles. The van der Waals surface area contributed by atoms with E-state index in [9.17, 15) is 2.74 Å². The molecule has 0 fully saturated rings. The van der Waals surface area contributed by atoms with E-state index in [0.717, 1.165) is 61.7 Å². The second-order valence-electron chi connectivity index (χ2n) is 12.5. The van der Waals surface area contributed by atoms with Crippen LogP contribution in [0, 0.1) is 0 Å². The number of hydrogen-bond acceptors (Lipinski definition) is 3. The minimum atomic E-state index is -0.477. The summed E-state index contributed by atoms with van der Waals surface area (Å²) in [6.45, 7) is -0.633. The lowest BCUT2D eigenvalue weighted by Gasteiger charge is -2.52. The third kappa shape index (κ3) is 3.23. The highest BCUT2D eigenvalue weighted by Crippen LogP contribution is 2.51. The lowest BCUT2D eigenvalue weighted by Crippen LogP contribution is -2.68. The lowest BCUT2D eigenvalue weighted by molar-refractivity contribution is 1.26. The van der Waals surface area contributed by atoms with Crippen LogP contribution in [-0.2, 0) is 0 Å². The van der Waals surface area contributed by atoms with Crippen molar-refractivity contribution in [1.82, 2.24) is 0 Å². The summed E-state index contributed by atoms with van der Waals surface area (Å²) in [5.41, 5.74) is 15.2. The van der Waals surface area contributed by atoms with Crippen molar-refractivity contribution in [2.24, 2.45) is 0 Å². The number of hydrogen-bond donors (Lipinski definition) is 0. The molecule has 7 aromatic rings. The van der Waals surface area contributed by atoms with Gasteiger partial charge in [-0.2, -0.15) is 0 Å². The first-order chi connectivity index (χ1) is 25.5. The molecule has 0 aliphatic carbocycles. The standard InChI is InChI=1S/C42H27B2N3/c1-3-15-28(16-4-1)46-36-23-11-7-19-30(36)32-27-33-31-20-8-12-24-37(31)47(29-17-5-2-6-18-29)44-35-22-10-14-26-39(35)45-38-25-13-9-21-34(38)43(46)40(32)42(45)41(33)44/h1-27H/i1D,3D,4D,15D,16D. The van der Waals surface area contributed by atoms with Crippen LogP contribution in [0.1, 0.15) is 6.85 Å². The number of para-hydroxylation sites is 6. The van der Waals surface area contributed by atoms with Gasteiger partial charge in [-0.15, -0.1) is 0 Å². The molecule has 47 heavy (non-hydrogen) atoms. The Balaban J connectivity index is 1.33. The number of rotatable bonds is 2. The van der Waals surface area contributed by atoms with Crippen LogP contribution in [0.5, 0.6) is 0 Å². The molecule has 0 radical (unpaired) electrons. The molecule has 5 heteroatoms. The van der Waals surface area contributed by atoms with E-state index in [4.69, 9.17) is 4.11 Å². The van der Waals surface area contributed by atoms with E-state index in [1.807, 2.05) is 29.1 Å². The summed E-state index contributed by atoms with van der Waals surface area (Å²) < 4.78 is 44.3. The van der Waals surface area contributed by atoms with Crippen molar-refractivity contribution in [3.05, 3.63) is 164 Å². The first-order valence-corrected chi connectivity index (χ1v) is 16.0. The maximum absolute atomic E-state index is 9.22. The summed E-state index contributed by atoms with van der Waals surface area (Å²) in [5.74, 6) is 0. The van der Waals surface area contributed by atoms with Crippen LogP contribution in [-0.4, -0.2) is 13.7 Å². The van der Waals surface area contributed by atoms with Crippen molar-refractivity contribution in [2.45, 2.75) is 0 Å². The van der Waals surface area contributed by atoms with E-state index in [1.54, 1.807) is 0 Å². The van der Waals surface area contributed by atoms with Gasteiger partial charge in [0.1, 0.15) is 0 Å². The van der Waals surface area contributed by atoms with Gasteiger partial charge in [0.2, 0.25) is 0 Å². The van der Waals surface area contributed by atoms with E-state index < -0.39 is 12.9 Å². The van der Waals surface area contributed by atoms with Crippen LogP contribution >= 0.6 is 0 Å². The van der Waals surface area contributed by atoms with Crippen molar-refractivity contribution < 1.29 is 6.85 Å². The monoisotopic (exact) mass is 600 g/mol. The normalized spacial score (nSPS) is 15.7. The van der Waals surface area contributed by atoms with Gasteiger partial charge in [-0.25, -0.2) is 0 Å². The summed E-state index contributed by atoms with van der Waals surface area (Å²) in [4.78, 5) is 6.90. The Hall–Kier alpha value is -5.93. The summed E-state index contributed by atoms with van der Waals surface area (Å²) in [5, 5.41) is 0. The first kappa shape index (κ1) is 21.0. The molecule has 0 saturated heterocycles. The highest BCUT2D eigenvalue weighted by Gasteiger charge is 2.52. The minimum Gasteiger partial charge on any atom is -0.376 e. The summed E-state index contributed by atoms with van der Waals surface area (Å²) >= 11 is 0. The fraction of sp³-hybridized carbons (Fsp3) is 0. The van der Waals surface area contributed by atoms with Crippen molar-refractivity contribution in [1.29, 1.82) is 0 Å². The molecule has 7 aromatic carbocycles. The van der Waals surface area contributed by atoms with Crippen molar-refractivity contribution in [2.75, 3.05) is 14.5 Å². The average Bonchev–Trinajstić information content (AvgIpc) is 3.20. The van der Waals surface area contributed by atoms with E-state index in [0.29, 0.717) is 0 Å². The topological polar surface area (TPSA) is 9.72 Å². The Labute approximate surface area is 282 Å². The van der Waals surface area contributed by atoms with Gasteiger partial charge in [0.15, 0.2) is 0 Å². The van der Waals surface area contributed by atoms with Crippen LogP contribution in [0.2, 0.25) is 0 Å². The zero-order chi connectivity index (χ0) is 35.0. The van der Waals surface area contributed by atoms with E-state index >= 15 is 0 Å². The molecule has 0 unspecified atom stereocenters. The Bertz CT molecular complexity index is 2680. The third-order valence-electron chi connectivity index (χ3n) is 10.3. The van der Waals surface area contributed by atoms with Gasteiger partial charge in [-0.1, -0.05) is 109 Å². The van der Waals surface area contributed by atoms with Crippen molar-refractivity contribution in [3.8, 4) is 22.3 Å². The summed E-state index contributed by atoms with van der Waals surface area (Å²) in [6, 6.07) is 45.2. The Kier molecular flexibility index (Phi) is 4.15. The maximum atomic E-state index is 9.22. The smallest absolute Gasteiger partial charge is 0.333 e. The zero-order valence-corrected chi connectivity index (χ0v) is 25.2. The Morgan fingerprint density at radius 1 is 0.426 bits per heavy atom. The van der Waals surface area contributed by atoms with Gasteiger partial charge in [0.05, 0.1) is 6.85 Å². The predicted octanol–water partition coefficient (Wildman–Crippen LogP) is 7.63. The van der Waals surface area contributed by atoms with Crippen LogP contribution in [0.15, 0.2) is 164 Å². The van der Waals surface area contributed by atoms with Gasteiger partial charge < -0.3 is 14.5 Å². The van der Waals surface area contributed by atoms with Crippen LogP contribution in [0.4, 0.5) is 39.8 Å². The van der Waals surface area contributed by atoms with Gasteiger partial charge in [0.25, 0.3) is 0 Å². The quantitative estimate of drug-likeness (QED) is 0.189. The Morgan fingerprint density at radius 2 is 0.894 bits per heavy atom. The molecule has 3 nitrogen and oxygen atoms in total. The van der Waals surface area contributed by atoms with Crippen LogP contribution in [0.25, 0.3) is 22.3 Å². The van der Waals surface area contributed by atoms with E-state index in [-0.39, 0.29) is 36.7 Å². The molecule has 0 N–H and O–H groups in total. The van der Waals surface area contributed by atoms with E-state index in [1.165, 1.54) is 16.5 Å². The molecule has 0 amide bonds. The molecular weight excluding hydrogens is 568 g/mol. The predicted molar refractivity (Wildman–Crippen MR) is 199 cm³/mol. The average molecular weight is 600 g/mol. The molecule has 0 atom stereocenters. The molecule has 4 aliphatic rings. The molecule has 0 bridgehead atoms. The number of fused-ring (bicyclic) bond motifs is 10. The van der Waals surface area contributed by atoms with Crippen LogP contribution < -0.4 is 36.4 Å². The number of nitrogens with zero attached hydrogens (tertiary/aromatic N) is 3. The molecule has 0 saturated carbocycles. The molecule has 0 spiro atoms. The molecule has 216 valence electrons. The largest absolute Gasteiger partial charge is 0.376 e. The molecule has 0 aromatic heterocycles. The van der Waals surface area contributed by atoms with Crippen molar-refractivity contribution in [3.63, 3.8) is 0 Å². The number of benzene rings is 7. The van der Waals surface area contributed by atoms with Gasteiger partial charge in [-0.3, -0.25) is 0 Å². The van der Waals surface area contributed by atoms with Gasteiger partial charge >= 0.3 is 13.7 Å². The lowest BCUT2D eigenvalue weighted by atomic mass is 9.37. The molecule has 11 rings (SSSR count). The highest BCUT2D eigenvalue weighted by molar-refractivity contribution is 6.98. The van der Waals surface area contributed by atoms with Crippen molar-refractivity contribution >= 4 is 75.4 Å². The van der Waals surface area contributed by atoms with Gasteiger partial charge in [-0.05, 0) is 87.5 Å². The SMILES string of the molecule is [2H]c1c([2H])c([2H])c(N2B3c4ccccc4N4c5ccccc5B5c6c(cc(c3c64)-c3ccccc32)-c2ccccc2N5c2ccccc2)c([2H])c1[2H]. The zero-order valence-electron chi connectivity index (χ0n) is 30.2. The fourth-order valence-corrected chi connectivity index (χ4v) is 8.59. The molecular formula is C42H27B2N3. The first-order valence-electron chi connectivity index (χ1n) is 18.5. The number of anilines is 7. The second-order valence-corrected chi connectivity index (χ2v) is 12.5. The highest BCUT2D eigenvalue weighted by atomic mass is 15.2. The fourth-order valence-electron chi connectivity index (χ4n) is 8.59. The Morgan fingerprint density at radius 3 is 1.47 bits per heavy atom. The van der Waals surface area contributed by atoms with E-state index in [2.05, 4.69) is 119 Å². The molecule has 4 aliphatic heterocycles.